The normalized spacial score (nSPS) is 17.4. The van der Waals surface area contributed by atoms with Crippen molar-refractivity contribution in [2.24, 2.45) is 5.73 Å². The van der Waals surface area contributed by atoms with E-state index in [2.05, 4.69) is 0 Å². The van der Waals surface area contributed by atoms with Gasteiger partial charge in [0, 0.05) is 17.5 Å². The van der Waals surface area contributed by atoms with E-state index in [1.54, 1.807) is 13.2 Å². The van der Waals surface area contributed by atoms with Crippen molar-refractivity contribution in [1.29, 1.82) is 0 Å². The van der Waals surface area contributed by atoms with Crippen LogP contribution in [0.5, 0.6) is 11.5 Å². The van der Waals surface area contributed by atoms with Gasteiger partial charge < -0.3 is 15.2 Å². The summed E-state index contributed by atoms with van der Waals surface area (Å²) in [6, 6.07) is 3.01. The van der Waals surface area contributed by atoms with Gasteiger partial charge in [-0.25, -0.2) is 4.39 Å². The Morgan fingerprint density at radius 1 is 1.29 bits per heavy atom. The number of halogens is 1. The molecule has 0 spiro atoms. The van der Waals surface area contributed by atoms with Gasteiger partial charge in [0.1, 0.15) is 5.75 Å². The molecule has 3 nitrogen and oxygen atoms in total. The van der Waals surface area contributed by atoms with E-state index in [1.807, 2.05) is 0 Å². The average Bonchev–Trinajstić information content (AvgIpc) is 2.29. The molecule has 1 aliphatic carbocycles. The van der Waals surface area contributed by atoms with Crippen molar-refractivity contribution >= 4 is 0 Å². The number of rotatable bonds is 4. The lowest BCUT2D eigenvalue weighted by Gasteiger charge is -2.42. The van der Waals surface area contributed by atoms with Crippen LogP contribution in [0, 0.1) is 5.82 Å². The Bertz CT molecular complexity index is 411. The first-order valence-electron chi connectivity index (χ1n) is 5.79. The smallest absolute Gasteiger partial charge is 0.165 e. The highest BCUT2D eigenvalue weighted by Gasteiger charge is 2.42. The first kappa shape index (κ1) is 12.2. The molecule has 0 saturated heterocycles. The van der Waals surface area contributed by atoms with E-state index in [1.165, 1.54) is 13.2 Å². The lowest BCUT2D eigenvalue weighted by molar-refractivity contribution is 0.230. The Hall–Kier alpha value is -1.29. The summed E-state index contributed by atoms with van der Waals surface area (Å²) in [6.07, 6.45) is 3.03. The molecule has 1 fully saturated rings. The molecule has 94 valence electrons. The molecule has 0 bridgehead atoms. The second kappa shape index (κ2) is 4.53. The van der Waals surface area contributed by atoms with Crippen LogP contribution in [-0.4, -0.2) is 20.8 Å². The molecule has 0 aliphatic heterocycles. The average molecular weight is 239 g/mol. The quantitative estimate of drug-likeness (QED) is 0.876. The number of ether oxygens (including phenoxy) is 2. The van der Waals surface area contributed by atoms with Crippen molar-refractivity contribution in [3.05, 3.63) is 23.5 Å². The van der Waals surface area contributed by atoms with E-state index in [9.17, 15) is 4.39 Å². The molecule has 0 aromatic heterocycles. The van der Waals surface area contributed by atoms with Crippen LogP contribution < -0.4 is 15.2 Å². The highest BCUT2D eigenvalue weighted by atomic mass is 19.1. The third-order valence-corrected chi connectivity index (χ3v) is 3.73. The fourth-order valence-electron chi connectivity index (χ4n) is 2.57. The van der Waals surface area contributed by atoms with Crippen LogP contribution in [-0.2, 0) is 5.41 Å². The third-order valence-electron chi connectivity index (χ3n) is 3.73. The Labute approximate surface area is 101 Å². The molecule has 2 N–H and O–H groups in total. The standard InChI is InChI=1S/C13H18FNO2/c1-16-10-5-4-9(14)12(17-2)11(10)13(8-15)6-3-7-13/h4-5H,3,6-8,15H2,1-2H3. The Morgan fingerprint density at radius 2 is 2.00 bits per heavy atom. The summed E-state index contributed by atoms with van der Waals surface area (Å²) in [5.41, 5.74) is 6.47. The Kier molecular flexibility index (Phi) is 3.24. The van der Waals surface area contributed by atoms with Gasteiger partial charge in [0.2, 0.25) is 0 Å². The van der Waals surface area contributed by atoms with Gasteiger partial charge in [0.05, 0.1) is 14.2 Å². The molecule has 0 heterocycles. The van der Waals surface area contributed by atoms with Crippen LogP contribution in [0.1, 0.15) is 24.8 Å². The highest BCUT2D eigenvalue weighted by Crippen LogP contribution is 2.50. The lowest BCUT2D eigenvalue weighted by Crippen LogP contribution is -2.42. The topological polar surface area (TPSA) is 44.5 Å². The van der Waals surface area contributed by atoms with E-state index < -0.39 is 0 Å². The Morgan fingerprint density at radius 3 is 2.41 bits per heavy atom. The second-order valence-electron chi connectivity index (χ2n) is 4.50. The van der Waals surface area contributed by atoms with Crippen LogP contribution in [0.2, 0.25) is 0 Å². The molecule has 4 heteroatoms. The molecule has 0 amide bonds. The highest BCUT2D eigenvalue weighted by molar-refractivity contribution is 5.52. The minimum Gasteiger partial charge on any atom is -0.496 e. The summed E-state index contributed by atoms with van der Waals surface area (Å²) in [6.45, 7) is 0.489. The van der Waals surface area contributed by atoms with Crippen molar-refractivity contribution < 1.29 is 13.9 Å². The monoisotopic (exact) mass is 239 g/mol. The predicted molar refractivity (Wildman–Crippen MR) is 64.1 cm³/mol. The maximum atomic E-state index is 13.8. The van der Waals surface area contributed by atoms with Crippen LogP contribution in [0.3, 0.4) is 0 Å². The van der Waals surface area contributed by atoms with Crippen LogP contribution in [0.25, 0.3) is 0 Å². The number of benzene rings is 1. The molecule has 2 rings (SSSR count). The zero-order valence-corrected chi connectivity index (χ0v) is 10.3. The van der Waals surface area contributed by atoms with Gasteiger partial charge in [-0.1, -0.05) is 6.42 Å². The van der Waals surface area contributed by atoms with Crippen LogP contribution in [0.4, 0.5) is 4.39 Å². The molecule has 0 atom stereocenters. The lowest BCUT2D eigenvalue weighted by atomic mass is 9.64. The van der Waals surface area contributed by atoms with E-state index in [0.29, 0.717) is 12.3 Å². The number of hydrogen-bond donors (Lipinski definition) is 1. The molecule has 1 aliphatic rings. The van der Waals surface area contributed by atoms with E-state index >= 15 is 0 Å². The van der Waals surface area contributed by atoms with E-state index in [4.69, 9.17) is 15.2 Å². The summed E-state index contributed by atoms with van der Waals surface area (Å²) in [7, 11) is 3.06. The van der Waals surface area contributed by atoms with Crippen molar-refractivity contribution in [2.45, 2.75) is 24.7 Å². The molecule has 1 aromatic carbocycles. The maximum absolute atomic E-state index is 13.8. The van der Waals surface area contributed by atoms with E-state index in [-0.39, 0.29) is 17.0 Å². The van der Waals surface area contributed by atoms with Gasteiger partial charge >= 0.3 is 0 Å². The largest absolute Gasteiger partial charge is 0.496 e. The molecule has 1 aromatic rings. The minimum atomic E-state index is -0.358. The minimum absolute atomic E-state index is 0.182. The molecule has 0 unspecified atom stereocenters. The third kappa shape index (κ3) is 1.76. The fourth-order valence-corrected chi connectivity index (χ4v) is 2.57. The molecular weight excluding hydrogens is 221 g/mol. The van der Waals surface area contributed by atoms with Crippen molar-refractivity contribution in [1.82, 2.24) is 0 Å². The van der Waals surface area contributed by atoms with Gasteiger partial charge in [-0.15, -0.1) is 0 Å². The summed E-state index contributed by atoms with van der Waals surface area (Å²) in [5, 5.41) is 0. The predicted octanol–water partition coefficient (Wildman–Crippen LogP) is 2.22. The molecular formula is C13H18FNO2. The maximum Gasteiger partial charge on any atom is 0.165 e. The van der Waals surface area contributed by atoms with Crippen LogP contribution >= 0.6 is 0 Å². The molecule has 17 heavy (non-hydrogen) atoms. The first-order chi connectivity index (χ1) is 8.18. The van der Waals surface area contributed by atoms with Gasteiger partial charge in [0.15, 0.2) is 11.6 Å². The van der Waals surface area contributed by atoms with Gasteiger partial charge in [-0.2, -0.15) is 0 Å². The van der Waals surface area contributed by atoms with Crippen molar-refractivity contribution in [3.8, 4) is 11.5 Å². The van der Waals surface area contributed by atoms with Gasteiger partial charge in [0.25, 0.3) is 0 Å². The van der Waals surface area contributed by atoms with Gasteiger partial charge in [-0.3, -0.25) is 0 Å². The zero-order valence-electron chi connectivity index (χ0n) is 10.3. The van der Waals surface area contributed by atoms with Crippen molar-refractivity contribution in [3.63, 3.8) is 0 Å². The Balaban J connectivity index is 2.59. The number of hydrogen-bond acceptors (Lipinski definition) is 3. The summed E-state index contributed by atoms with van der Waals surface area (Å²) in [5.74, 6) is 0.575. The summed E-state index contributed by atoms with van der Waals surface area (Å²) < 4.78 is 24.3. The number of nitrogens with two attached hydrogens (primary N) is 1. The SMILES string of the molecule is COc1ccc(F)c(OC)c1C1(CN)CCC1. The van der Waals surface area contributed by atoms with E-state index in [0.717, 1.165) is 24.8 Å². The zero-order chi connectivity index (χ0) is 12.5. The molecule has 1 saturated carbocycles. The number of methoxy groups -OCH3 is 2. The van der Waals surface area contributed by atoms with Gasteiger partial charge in [-0.05, 0) is 25.0 Å². The van der Waals surface area contributed by atoms with Crippen molar-refractivity contribution in [2.75, 3.05) is 20.8 Å². The second-order valence-corrected chi connectivity index (χ2v) is 4.50. The first-order valence-corrected chi connectivity index (χ1v) is 5.79. The fraction of sp³-hybridized carbons (Fsp3) is 0.538. The summed E-state index contributed by atoms with van der Waals surface area (Å²) >= 11 is 0. The summed E-state index contributed by atoms with van der Waals surface area (Å²) in [4.78, 5) is 0. The van der Waals surface area contributed by atoms with Crippen LogP contribution in [0.15, 0.2) is 12.1 Å². The molecule has 0 radical (unpaired) electrons.